The average Bonchev–Trinajstić information content (AvgIpc) is 2.37. The Hall–Kier alpha value is -2.51. The molecule has 1 aromatic carbocycles. The number of hydrogen-bond acceptors (Lipinski definition) is 4. The molecule has 0 aliphatic carbocycles. The van der Waals surface area contributed by atoms with Gasteiger partial charge in [0, 0.05) is 6.07 Å². The Morgan fingerprint density at radius 3 is 2.50 bits per heavy atom. The Morgan fingerprint density at radius 1 is 1.35 bits per heavy atom. The molecule has 0 bridgehead atoms. The molecule has 0 saturated heterocycles. The van der Waals surface area contributed by atoms with Gasteiger partial charge in [-0.2, -0.15) is 0 Å². The van der Waals surface area contributed by atoms with E-state index in [9.17, 15) is 23.2 Å². The zero-order chi connectivity index (χ0) is 15.3. The summed E-state index contributed by atoms with van der Waals surface area (Å²) >= 11 is 0. The lowest BCUT2D eigenvalue weighted by molar-refractivity contribution is -0.147. The topological polar surface area (TPSA) is 92.7 Å². The molecule has 0 aromatic heterocycles. The van der Waals surface area contributed by atoms with Crippen LogP contribution in [-0.4, -0.2) is 36.1 Å². The van der Waals surface area contributed by atoms with E-state index in [1.807, 2.05) is 5.32 Å². The van der Waals surface area contributed by atoms with E-state index < -0.39 is 47.5 Å². The van der Waals surface area contributed by atoms with Gasteiger partial charge in [-0.15, -0.1) is 0 Å². The van der Waals surface area contributed by atoms with Crippen LogP contribution in [0.3, 0.4) is 0 Å². The van der Waals surface area contributed by atoms with Gasteiger partial charge in [-0.25, -0.2) is 13.6 Å². The maximum absolute atomic E-state index is 13.3. The quantitative estimate of drug-likeness (QED) is 0.778. The van der Waals surface area contributed by atoms with Gasteiger partial charge in [0.25, 0.3) is 5.91 Å². The molecule has 1 rings (SSSR count). The lowest BCUT2D eigenvalue weighted by Crippen LogP contribution is -2.42. The first kappa shape index (κ1) is 15.5. The van der Waals surface area contributed by atoms with Gasteiger partial charge >= 0.3 is 11.9 Å². The molecule has 0 saturated carbocycles. The molecule has 0 aliphatic heterocycles. The number of ether oxygens (including phenoxy) is 1. The van der Waals surface area contributed by atoms with Gasteiger partial charge in [0.1, 0.15) is 17.7 Å². The monoisotopic (exact) mass is 287 g/mol. The molecule has 20 heavy (non-hydrogen) atoms. The summed E-state index contributed by atoms with van der Waals surface area (Å²) in [5.41, 5.74) is -0.525. The molecule has 0 heterocycles. The molecular weight excluding hydrogens is 276 g/mol. The van der Waals surface area contributed by atoms with Crippen molar-refractivity contribution in [1.29, 1.82) is 0 Å². The number of carbonyl (C=O) groups excluding carboxylic acids is 2. The number of hydrogen-bond donors (Lipinski definition) is 2. The van der Waals surface area contributed by atoms with Crippen LogP contribution < -0.4 is 5.32 Å². The fraction of sp³-hybridized carbons (Fsp3) is 0.250. The highest BCUT2D eigenvalue weighted by Crippen LogP contribution is 2.10. The van der Waals surface area contributed by atoms with Crippen LogP contribution in [0.15, 0.2) is 18.2 Å². The zero-order valence-corrected chi connectivity index (χ0v) is 10.4. The van der Waals surface area contributed by atoms with Crippen molar-refractivity contribution in [3.63, 3.8) is 0 Å². The second-order valence-electron chi connectivity index (χ2n) is 3.77. The predicted molar refractivity (Wildman–Crippen MR) is 61.9 cm³/mol. The molecule has 0 unspecified atom stereocenters. The van der Waals surface area contributed by atoms with Crippen molar-refractivity contribution in [2.24, 2.45) is 0 Å². The smallest absolute Gasteiger partial charge is 0.326 e. The van der Waals surface area contributed by atoms with Crippen molar-refractivity contribution in [2.45, 2.75) is 12.5 Å². The van der Waals surface area contributed by atoms with Gasteiger partial charge in [0.15, 0.2) is 0 Å². The van der Waals surface area contributed by atoms with Crippen molar-refractivity contribution in [3.05, 3.63) is 35.4 Å². The summed E-state index contributed by atoms with van der Waals surface area (Å²) in [7, 11) is 1.06. The summed E-state index contributed by atoms with van der Waals surface area (Å²) in [6.45, 7) is 0. The molecule has 1 atom stereocenters. The van der Waals surface area contributed by atoms with E-state index >= 15 is 0 Å². The van der Waals surface area contributed by atoms with Crippen molar-refractivity contribution >= 4 is 17.8 Å². The summed E-state index contributed by atoms with van der Waals surface area (Å²) in [5, 5.41) is 10.8. The number of benzene rings is 1. The summed E-state index contributed by atoms with van der Waals surface area (Å²) in [5.74, 6) is -5.41. The standard InChI is InChI=1S/C12H11F2NO5/c1-20-10(16)5-9(12(18)19)15-11(17)7-3-2-6(13)4-8(7)14/h2-4,9H,5H2,1H3,(H,15,17)(H,18,19)/t9-/m0/s1. The molecule has 8 heteroatoms. The molecule has 1 amide bonds. The van der Waals surface area contributed by atoms with Gasteiger partial charge in [0.05, 0.1) is 19.1 Å². The molecule has 2 N–H and O–H groups in total. The largest absolute Gasteiger partial charge is 0.480 e. The SMILES string of the molecule is COC(=O)C[C@H](NC(=O)c1ccc(F)cc1F)C(=O)O. The van der Waals surface area contributed by atoms with Crippen LogP contribution in [0.2, 0.25) is 0 Å². The Labute approximate surface area is 112 Å². The molecule has 1 aromatic rings. The van der Waals surface area contributed by atoms with Crippen LogP contribution in [0.5, 0.6) is 0 Å². The second kappa shape index (κ2) is 6.60. The van der Waals surface area contributed by atoms with E-state index in [-0.39, 0.29) is 0 Å². The van der Waals surface area contributed by atoms with Crippen LogP contribution in [0, 0.1) is 11.6 Å². The number of nitrogens with one attached hydrogen (secondary N) is 1. The highest BCUT2D eigenvalue weighted by molar-refractivity contribution is 5.97. The lowest BCUT2D eigenvalue weighted by Gasteiger charge is -2.13. The van der Waals surface area contributed by atoms with E-state index in [0.29, 0.717) is 6.07 Å². The number of amides is 1. The van der Waals surface area contributed by atoms with Gasteiger partial charge in [-0.05, 0) is 12.1 Å². The normalized spacial score (nSPS) is 11.6. The van der Waals surface area contributed by atoms with Crippen molar-refractivity contribution < 1.29 is 33.0 Å². The van der Waals surface area contributed by atoms with E-state index in [0.717, 1.165) is 19.2 Å². The highest BCUT2D eigenvalue weighted by Gasteiger charge is 2.25. The molecule has 0 fully saturated rings. The third-order valence-corrected chi connectivity index (χ3v) is 2.38. The second-order valence-corrected chi connectivity index (χ2v) is 3.77. The van der Waals surface area contributed by atoms with E-state index in [1.54, 1.807) is 0 Å². The number of rotatable bonds is 5. The summed E-state index contributed by atoms with van der Waals surface area (Å²) in [6, 6.07) is 0.648. The maximum atomic E-state index is 13.3. The summed E-state index contributed by atoms with van der Waals surface area (Å²) in [4.78, 5) is 33.5. The first-order chi connectivity index (χ1) is 9.35. The molecular formula is C12H11F2NO5. The average molecular weight is 287 g/mol. The van der Waals surface area contributed by atoms with Crippen molar-refractivity contribution in [1.82, 2.24) is 5.32 Å². The third kappa shape index (κ3) is 4.01. The highest BCUT2D eigenvalue weighted by atomic mass is 19.1. The molecule has 0 radical (unpaired) electrons. The third-order valence-electron chi connectivity index (χ3n) is 2.38. The Kier molecular flexibility index (Phi) is 5.13. The number of carboxylic acid groups (broad SMARTS) is 1. The van der Waals surface area contributed by atoms with Crippen molar-refractivity contribution in [2.75, 3.05) is 7.11 Å². The Bertz CT molecular complexity index is 547. The van der Waals surface area contributed by atoms with Crippen LogP contribution in [0.25, 0.3) is 0 Å². The van der Waals surface area contributed by atoms with Crippen LogP contribution in [-0.2, 0) is 14.3 Å². The predicted octanol–water partition coefficient (Wildman–Crippen LogP) is 0.711. The maximum Gasteiger partial charge on any atom is 0.326 e. The number of esters is 1. The molecule has 108 valence electrons. The minimum Gasteiger partial charge on any atom is -0.480 e. The fourth-order valence-corrected chi connectivity index (χ4v) is 1.36. The van der Waals surface area contributed by atoms with Crippen molar-refractivity contribution in [3.8, 4) is 0 Å². The van der Waals surface area contributed by atoms with Crippen LogP contribution in [0.4, 0.5) is 8.78 Å². The molecule has 0 aliphatic rings. The fourth-order valence-electron chi connectivity index (χ4n) is 1.36. The van der Waals surface area contributed by atoms with Gasteiger partial charge in [-0.3, -0.25) is 9.59 Å². The number of halogens is 2. The number of aliphatic carboxylic acids is 1. The van der Waals surface area contributed by atoms with Crippen LogP contribution in [0.1, 0.15) is 16.8 Å². The van der Waals surface area contributed by atoms with Gasteiger partial charge < -0.3 is 15.2 Å². The Morgan fingerprint density at radius 2 is 2.00 bits per heavy atom. The first-order valence-electron chi connectivity index (χ1n) is 5.40. The van der Waals surface area contributed by atoms with E-state index in [2.05, 4.69) is 4.74 Å². The molecule has 0 spiro atoms. The zero-order valence-electron chi connectivity index (χ0n) is 10.4. The minimum atomic E-state index is -1.57. The number of methoxy groups -OCH3 is 1. The van der Waals surface area contributed by atoms with E-state index in [4.69, 9.17) is 5.11 Å². The van der Waals surface area contributed by atoms with E-state index in [1.165, 1.54) is 0 Å². The Balaban J connectivity index is 2.85. The lowest BCUT2D eigenvalue weighted by atomic mass is 10.1. The number of carbonyl (C=O) groups is 3. The first-order valence-corrected chi connectivity index (χ1v) is 5.40. The summed E-state index contributed by atoms with van der Waals surface area (Å²) < 4.78 is 30.3. The molecule has 6 nitrogen and oxygen atoms in total. The van der Waals surface area contributed by atoms with Gasteiger partial charge in [0.2, 0.25) is 0 Å². The van der Waals surface area contributed by atoms with Gasteiger partial charge in [-0.1, -0.05) is 0 Å². The minimum absolute atomic E-state index is 0.491. The summed E-state index contributed by atoms with van der Waals surface area (Å²) in [6.07, 6.45) is -0.611. The van der Waals surface area contributed by atoms with Crippen LogP contribution >= 0.6 is 0 Å². The number of carboxylic acids is 1.